The molecule has 0 unspecified atom stereocenters. The lowest BCUT2D eigenvalue weighted by atomic mass is 9.88. The van der Waals surface area contributed by atoms with Crippen LogP contribution in [0.5, 0.6) is 0 Å². The van der Waals surface area contributed by atoms with E-state index in [0.717, 1.165) is 44.1 Å². The smallest absolute Gasteiger partial charge is 0.246 e. The number of amides is 2. The van der Waals surface area contributed by atoms with Crippen molar-refractivity contribution in [2.75, 3.05) is 13.1 Å². The molecule has 2 aliphatic rings. The molecule has 0 spiro atoms. The van der Waals surface area contributed by atoms with E-state index < -0.39 is 0 Å². The average molecular weight is 365 g/mol. The van der Waals surface area contributed by atoms with Crippen LogP contribution < -0.4 is 5.32 Å². The van der Waals surface area contributed by atoms with Gasteiger partial charge in [0.2, 0.25) is 11.8 Å². The molecule has 1 aromatic carbocycles. The lowest BCUT2D eigenvalue weighted by Gasteiger charge is -2.33. The van der Waals surface area contributed by atoms with Gasteiger partial charge in [-0.25, -0.2) is 0 Å². The number of rotatable bonds is 4. The molecule has 0 aromatic heterocycles. The summed E-state index contributed by atoms with van der Waals surface area (Å²) in [5.74, 6) is 0.394. The number of nitriles is 1. The highest BCUT2D eigenvalue weighted by molar-refractivity contribution is 5.91. The van der Waals surface area contributed by atoms with Crippen LogP contribution in [-0.2, 0) is 9.59 Å². The van der Waals surface area contributed by atoms with E-state index in [-0.39, 0.29) is 23.8 Å². The zero-order valence-corrected chi connectivity index (χ0v) is 15.7. The third-order valence-corrected chi connectivity index (χ3v) is 5.59. The third-order valence-electron chi connectivity index (χ3n) is 5.59. The van der Waals surface area contributed by atoms with Crippen LogP contribution in [0.25, 0.3) is 6.08 Å². The molecule has 1 N–H and O–H groups in total. The lowest BCUT2D eigenvalue weighted by Crippen LogP contribution is -2.47. The molecule has 3 rings (SSSR count). The van der Waals surface area contributed by atoms with Gasteiger partial charge in [0.1, 0.15) is 0 Å². The van der Waals surface area contributed by atoms with Crippen LogP contribution in [0.15, 0.2) is 30.3 Å². The van der Waals surface area contributed by atoms with Gasteiger partial charge in [-0.3, -0.25) is 9.59 Å². The van der Waals surface area contributed by atoms with Crippen molar-refractivity contribution >= 4 is 17.9 Å². The van der Waals surface area contributed by atoms with Gasteiger partial charge in [-0.1, -0.05) is 31.4 Å². The molecule has 142 valence electrons. The van der Waals surface area contributed by atoms with E-state index in [1.807, 2.05) is 17.0 Å². The number of carbonyl (C=O) groups is 2. The zero-order valence-electron chi connectivity index (χ0n) is 15.7. The quantitative estimate of drug-likeness (QED) is 0.833. The molecule has 1 aromatic rings. The number of hydrogen-bond donors (Lipinski definition) is 1. The zero-order chi connectivity index (χ0) is 19.1. The fourth-order valence-electron chi connectivity index (χ4n) is 3.87. The SMILES string of the molecule is N#Cc1ccc(/C=C/C(=O)N2CCC(NC(=O)C3CCCCC3)CC2)cc1. The van der Waals surface area contributed by atoms with Crippen molar-refractivity contribution in [1.82, 2.24) is 10.2 Å². The van der Waals surface area contributed by atoms with Crippen LogP contribution in [0.1, 0.15) is 56.1 Å². The summed E-state index contributed by atoms with van der Waals surface area (Å²) in [7, 11) is 0. The highest BCUT2D eigenvalue weighted by Crippen LogP contribution is 2.24. The van der Waals surface area contributed by atoms with E-state index in [1.54, 1.807) is 24.3 Å². The molecular weight excluding hydrogens is 338 g/mol. The van der Waals surface area contributed by atoms with Crippen molar-refractivity contribution < 1.29 is 9.59 Å². The van der Waals surface area contributed by atoms with Crippen LogP contribution >= 0.6 is 0 Å². The molecule has 1 saturated carbocycles. The molecule has 1 heterocycles. The van der Waals surface area contributed by atoms with E-state index in [9.17, 15) is 9.59 Å². The molecule has 27 heavy (non-hydrogen) atoms. The van der Waals surface area contributed by atoms with Crippen molar-refractivity contribution in [3.05, 3.63) is 41.5 Å². The minimum atomic E-state index is -0.00332. The number of carbonyl (C=O) groups excluding carboxylic acids is 2. The number of likely N-dealkylation sites (tertiary alicyclic amines) is 1. The maximum absolute atomic E-state index is 12.4. The molecule has 5 heteroatoms. The Kier molecular flexibility index (Phi) is 6.64. The number of hydrogen-bond acceptors (Lipinski definition) is 3. The van der Waals surface area contributed by atoms with Crippen LogP contribution in [0.2, 0.25) is 0 Å². The van der Waals surface area contributed by atoms with Gasteiger partial charge in [-0.2, -0.15) is 5.26 Å². The molecular formula is C22H27N3O2. The Balaban J connectivity index is 1.43. The van der Waals surface area contributed by atoms with Crippen molar-refractivity contribution in [2.24, 2.45) is 5.92 Å². The first-order valence-electron chi connectivity index (χ1n) is 9.93. The first-order valence-corrected chi connectivity index (χ1v) is 9.93. The van der Waals surface area contributed by atoms with Crippen LogP contribution in [0, 0.1) is 17.2 Å². The second-order valence-corrected chi connectivity index (χ2v) is 7.51. The fraction of sp³-hybridized carbons (Fsp3) is 0.500. The summed E-state index contributed by atoms with van der Waals surface area (Å²) in [5.41, 5.74) is 1.51. The van der Waals surface area contributed by atoms with Gasteiger partial charge in [0.15, 0.2) is 0 Å². The second kappa shape index (κ2) is 9.36. The van der Waals surface area contributed by atoms with Gasteiger partial charge < -0.3 is 10.2 Å². The topological polar surface area (TPSA) is 73.2 Å². The minimum absolute atomic E-state index is 0.00332. The van der Waals surface area contributed by atoms with Crippen molar-refractivity contribution in [2.45, 2.75) is 51.0 Å². The summed E-state index contributed by atoms with van der Waals surface area (Å²) in [6, 6.07) is 9.40. The summed E-state index contributed by atoms with van der Waals surface area (Å²) in [6.45, 7) is 1.35. The van der Waals surface area contributed by atoms with Gasteiger partial charge in [0.05, 0.1) is 11.6 Å². The number of nitrogens with one attached hydrogen (secondary N) is 1. The molecule has 1 saturated heterocycles. The molecule has 0 radical (unpaired) electrons. The second-order valence-electron chi connectivity index (χ2n) is 7.51. The van der Waals surface area contributed by atoms with Gasteiger partial charge in [-0.15, -0.1) is 0 Å². The largest absolute Gasteiger partial charge is 0.353 e. The van der Waals surface area contributed by atoms with Crippen LogP contribution in [0.3, 0.4) is 0 Å². The number of piperidine rings is 1. The Labute approximate surface area is 161 Å². The molecule has 1 aliphatic carbocycles. The normalized spacial score (nSPS) is 19.0. The maximum Gasteiger partial charge on any atom is 0.246 e. The van der Waals surface area contributed by atoms with E-state index in [2.05, 4.69) is 11.4 Å². The predicted octanol–water partition coefficient (Wildman–Crippen LogP) is 3.26. The van der Waals surface area contributed by atoms with E-state index in [1.165, 1.54) is 6.42 Å². The van der Waals surface area contributed by atoms with Gasteiger partial charge in [0, 0.05) is 31.1 Å². The standard InChI is InChI=1S/C22H27N3O2/c23-16-18-8-6-17(7-9-18)10-11-21(26)25-14-12-20(13-15-25)24-22(27)19-4-2-1-3-5-19/h6-11,19-20H,1-5,12-15H2,(H,24,27)/b11-10+. The molecule has 2 amide bonds. The van der Waals surface area contributed by atoms with Gasteiger partial charge in [0.25, 0.3) is 0 Å². The Morgan fingerprint density at radius 1 is 1.04 bits per heavy atom. The average Bonchev–Trinajstić information content (AvgIpc) is 2.73. The summed E-state index contributed by atoms with van der Waals surface area (Å²) in [6.07, 6.45) is 10.6. The summed E-state index contributed by atoms with van der Waals surface area (Å²) in [5, 5.41) is 12.0. The van der Waals surface area contributed by atoms with Crippen LogP contribution in [-0.4, -0.2) is 35.8 Å². The van der Waals surface area contributed by atoms with Gasteiger partial charge >= 0.3 is 0 Å². The summed E-state index contributed by atoms with van der Waals surface area (Å²) >= 11 is 0. The third kappa shape index (κ3) is 5.43. The maximum atomic E-state index is 12.4. The first-order chi connectivity index (χ1) is 13.2. The summed E-state index contributed by atoms with van der Waals surface area (Å²) < 4.78 is 0. The van der Waals surface area contributed by atoms with E-state index in [0.29, 0.717) is 18.7 Å². The number of nitrogens with zero attached hydrogens (tertiary/aromatic N) is 2. The van der Waals surface area contributed by atoms with Crippen molar-refractivity contribution in [1.29, 1.82) is 5.26 Å². The predicted molar refractivity (Wildman–Crippen MR) is 105 cm³/mol. The fourth-order valence-corrected chi connectivity index (χ4v) is 3.87. The Hall–Kier alpha value is -2.61. The number of benzene rings is 1. The molecule has 0 atom stereocenters. The Morgan fingerprint density at radius 3 is 2.33 bits per heavy atom. The van der Waals surface area contributed by atoms with E-state index in [4.69, 9.17) is 5.26 Å². The highest BCUT2D eigenvalue weighted by atomic mass is 16.2. The van der Waals surface area contributed by atoms with Crippen molar-refractivity contribution in [3.63, 3.8) is 0 Å². The molecule has 5 nitrogen and oxygen atoms in total. The van der Waals surface area contributed by atoms with E-state index >= 15 is 0 Å². The Bertz CT molecular complexity index is 719. The van der Waals surface area contributed by atoms with Crippen LogP contribution in [0.4, 0.5) is 0 Å². The monoisotopic (exact) mass is 365 g/mol. The molecule has 0 bridgehead atoms. The summed E-state index contributed by atoms with van der Waals surface area (Å²) in [4.78, 5) is 26.6. The molecule has 1 aliphatic heterocycles. The van der Waals surface area contributed by atoms with Crippen molar-refractivity contribution in [3.8, 4) is 6.07 Å². The first kappa shape index (κ1) is 19.2. The minimum Gasteiger partial charge on any atom is -0.353 e. The lowest BCUT2D eigenvalue weighted by molar-refractivity contribution is -0.128. The molecule has 2 fully saturated rings. The highest BCUT2D eigenvalue weighted by Gasteiger charge is 2.26. The van der Waals surface area contributed by atoms with Gasteiger partial charge in [-0.05, 0) is 49.5 Å². The Morgan fingerprint density at radius 2 is 1.70 bits per heavy atom.